The molecule has 0 unspecified atom stereocenters. The number of pyridine rings is 1. The highest BCUT2D eigenvalue weighted by atomic mass is 16.2. The van der Waals surface area contributed by atoms with Crippen LogP contribution in [0.15, 0.2) is 47.4 Å². The lowest BCUT2D eigenvalue weighted by Crippen LogP contribution is -2.53. The summed E-state index contributed by atoms with van der Waals surface area (Å²) in [5.74, 6) is 0.495. The average Bonchev–Trinajstić information content (AvgIpc) is 3.36. The molecule has 2 aromatic heterocycles. The zero-order valence-electron chi connectivity index (χ0n) is 15.1. The maximum atomic E-state index is 13.3. The van der Waals surface area contributed by atoms with Gasteiger partial charge in [0, 0.05) is 68.2 Å². The molecule has 3 aliphatic rings. The SMILES string of the molecule is O=C([C@H]1[C@H]2C[C@H](CN(Cc3ccn[nH]3)C2)c2cccc(=O)n21)N1CC=CC1. The molecule has 3 aliphatic heterocycles. The van der Waals surface area contributed by atoms with E-state index in [0.717, 1.165) is 37.4 Å². The number of aromatic nitrogens is 3. The fourth-order valence-corrected chi connectivity index (χ4v) is 4.93. The molecule has 7 nitrogen and oxygen atoms in total. The second-order valence-corrected chi connectivity index (χ2v) is 7.79. The topological polar surface area (TPSA) is 74.2 Å². The van der Waals surface area contributed by atoms with Gasteiger partial charge < -0.3 is 4.90 Å². The molecule has 0 aliphatic carbocycles. The molecular formula is C20H23N5O2. The van der Waals surface area contributed by atoms with Crippen LogP contribution in [0.3, 0.4) is 0 Å². The Kier molecular flexibility index (Phi) is 3.97. The summed E-state index contributed by atoms with van der Waals surface area (Å²) in [6.45, 7) is 3.77. The number of fused-ring (bicyclic) bond motifs is 4. The molecule has 2 bridgehead atoms. The van der Waals surface area contributed by atoms with Gasteiger partial charge in [0.1, 0.15) is 6.04 Å². The third kappa shape index (κ3) is 2.82. The molecule has 2 aromatic rings. The summed E-state index contributed by atoms with van der Waals surface area (Å²) < 4.78 is 1.78. The van der Waals surface area contributed by atoms with E-state index in [1.54, 1.807) is 16.8 Å². The van der Waals surface area contributed by atoms with Crippen molar-refractivity contribution in [1.29, 1.82) is 0 Å². The second-order valence-electron chi connectivity index (χ2n) is 7.79. The maximum absolute atomic E-state index is 13.3. The van der Waals surface area contributed by atoms with E-state index in [-0.39, 0.29) is 23.3 Å². The average molecular weight is 365 g/mol. The lowest BCUT2D eigenvalue weighted by atomic mass is 9.78. The number of nitrogens with zero attached hydrogens (tertiary/aromatic N) is 4. The van der Waals surface area contributed by atoms with E-state index in [9.17, 15) is 9.59 Å². The first-order valence-electron chi connectivity index (χ1n) is 9.56. The standard InChI is InChI=1S/C20H23N5O2/c26-18-5-3-4-17-14-10-15(12-23(11-14)13-16-6-7-21-22-16)19(25(17)18)20(27)24-8-1-2-9-24/h1-7,14-15,19H,8-13H2,(H,21,22)/t14-,15+,19-/m1/s1. The number of carbonyl (C=O) groups excluding carboxylic acids is 1. The molecule has 5 rings (SSSR count). The molecule has 0 saturated carbocycles. The zero-order chi connectivity index (χ0) is 18.4. The van der Waals surface area contributed by atoms with E-state index >= 15 is 0 Å². The molecule has 0 aromatic carbocycles. The molecule has 27 heavy (non-hydrogen) atoms. The second kappa shape index (κ2) is 6.49. The lowest BCUT2D eigenvalue weighted by molar-refractivity contribution is -0.137. The van der Waals surface area contributed by atoms with Crippen LogP contribution in [0.25, 0.3) is 0 Å². The molecule has 1 saturated heterocycles. The highest BCUT2D eigenvalue weighted by molar-refractivity contribution is 5.82. The van der Waals surface area contributed by atoms with Crippen LogP contribution in [0.4, 0.5) is 0 Å². The number of H-pyrrole nitrogens is 1. The van der Waals surface area contributed by atoms with E-state index in [1.165, 1.54) is 0 Å². The predicted molar refractivity (Wildman–Crippen MR) is 100 cm³/mol. The molecule has 5 heterocycles. The number of carbonyl (C=O) groups is 1. The minimum atomic E-state index is -0.408. The Bertz CT molecular complexity index is 924. The Morgan fingerprint density at radius 2 is 2.04 bits per heavy atom. The van der Waals surface area contributed by atoms with Crippen molar-refractivity contribution in [2.24, 2.45) is 5.92 Å². The van der Waals surface area contributed by atoms with Gasteiger partial charge in [-0.25, -0.2) is 0 Å². The van der Waals surface area contributed by atoms with Gasteiger partial charge in [0.25, 0.3) is 5.56 Å². The maximum Gasteiger partial charge on any atom is 0.251 e. The number of rotatable bonds is 3. The van der Waals surface area contributed by atoms with Gasteiger partial charge in [0.05, 0.1) is 0 Å². The minimum Gasteiger partial charge on any atom is -0.333 e. The monoisotopic (exact) mass is 365 g/mol. The van der Waals surface area contributed by atoms with Gasteiger partial charge in [-0.2, -0.15) is 5.10 Å². The number of likely N-dealkylation sites (tertiary alicyclic amines) is 1. The fourth-order valence-electron chi connectivity index (χ4n) is 4.93. The van der Waals surface area contributed by atoms with Crippen molar-refractivity contribution in [3.8, 4) is 0 Å². The van der Waals surface area contributed by atoms with E-state index in [1.807, 2.05) is 35.3 Å². The van der Waals surface area contributed by atoms with Crippen LogP contribution in [-0.4, -0.2) is 56.7 Å². The van der Waals surface area contributed by atoms with Gasteiger partial charge in [-0.15, -0.1) is 0 Å². The first kappa shape index (κ1) is 16.5. The number of hydrogen-bond acceptors (Lipinski definition) is 4. The van der Waals surface area contributed by atoms with Crippen LogP contribution < -0.4 is 5.56 Å². The summed E-state index contributed by atoms with van der Waals surface area (Å²) >= 11 is 0. The van der Waals surface area contributed by atoms with E-state index in [2.05, 4.69) is 15.1 Å². The number of hydrogen-bond donors (Lipinski definition) is 1. The molecule has 1 N–H and O–H groups in total. The Labute approximate surface area is 157 Å². The highest BCUT2D eigenvalue weighted by Crippen LogP contribution is 2.42. The van der Waals surface area contributed by atoms with Crippen molar-refractivity contribution in [3.63, 3.8) is 0 Å². The Balaban J connectivity index is 1.51. The van der Waals surface area contributed by atoms with Gasteiger partial charge in [0.15, 0.2) is 0 Å². The molecule has 1 amide bonds. The van der Waals surface area contributed by atoms with Crippen LogP contribution in [-0.2, 0) is 11.3 Å². The summed E-state index contributed by atoms with van der Waals surface area (Å²) in [5, 5.41) is 7.06. The van der Waals surface area contributed by atoms with Gasteiger partial charge in [0.2, 0.25) is 5.91 Å². The molecule has 1 fully saturated rings. The largest absolute Gasteiger partial charge is 0.333 e. The van der Waals surface area contributed by atoms with Crippen molar-refractivity contribution >= 4 is 5.91 Å². The molecule has 3 atom stereocenters. The van der Waals surface area contributed by atoms with E-state index in [0.29, 0.717) is 13.1 Å². The van der Waals surface area contributed by atoms with Crippen molar-refractivity contribution < 1.29 is 4.79 Å². The summed E-state index contributed by atoms with van der Waals surface area (Å²) in [6, 6.07) is 7.00. The molecule has 140 valence electrons. The summed E-state index contributed by atoms with van der Waals surface area (Å²) in [5.41, 5.74) is 2.01. The normalized spacial score (nSPS) is 27.0. The first-order chi connectivity index (χ1) is 13.2. The fraction of sp³-hybridized carbons (Fsp3) is 0.450. The number of aromatic amines is 1. The van der Waals surface area contributed by atoms with Gasteiger partial charge in [-0.3, -0.25) is 24.2 Å². The van der Waals surface area contributed by atoms with Crippen LogP contribution in [0.1, 0.15) is 29.8 Å². The number of nitrogens with one attached hydrogen (secondary N) is 1. The summed E-state index contributed by atoms with van der Waals surface area (Å²) in [6.07, 6.45) is 6.76. The highest BCUT2D eigenvalue weighted by Gasteiger charge is 2.44. The Morgan fingerprint density at radius 3 is 2.81 bits per heavy atom. The Morgan fingerprint density at radius 1 is 1.19 bits per heavy atom. The lowest BCUT2D eigenvalue weighted by Gasteiger charge is -2.46. The van der Waals surface area contributed by atoms with Crippen molar-refractivity contribution in [3.05, 3.63) is 64.4 Å². The Hall–Kier alpha value is -2.67. The molecule has 0 radical (unpaired) electrons. The predicted octanol–water partition coefficient (Wildman–Crippen LogP) is 1.13. The molecule has 7 heteroatoms. The molecule has 0 spiro atoms. The van der Waals surface area contributed by atoms with Gasteiger partial charge in [-0.1, -0.05) is 18.2 Å². The smallest absolute Gasteiger partial charge is 0.251 e. The molecular weight excluding hydrogens is 342 g/mol. The van der Waals surface area contributed by atoms with Crippen LogP contribution in [0, 0.1) is 5.92 Å². The van der Waals surface area contributed by atoms with Gasteiger partial charge in [-0.05, 0) is 18.6 Å². The van der Waals surface area contributed by atoms with Crippen molar-refractivity contribution in [2.45, 2.75) is 24.9 Å². The summed E-state index contributed by atoms with van der Waals surface area (Å²) in [4.78, 5) is 30.3. The van der Waals surface area contributed by atoms with Crippen molar-refractivity contribution in [1.82, 2.24) is 24.6 Å². The number of piperidine rings is 1. The number of amides is 1. The third-order valence-electron chi connectivity index (χ3n) is 6.06. The van der Waals surface area contributed by atoms with E-state index < -0.39 is 6.04 Å². The summed E-state index contributed by atoms with van der Waals surface area (Å²) in [7, 11) is 0. The third-order valence-corrected chi connectivity index (χ3v) is 6.06. The van der Waals surface area contributed by atoms with E-state index in [4.69, 9.17) is 0 Å². The van der Waals surface area contributed by atoms with Crippen LogP contribution in [0.2, 0.25) is 0 Å². The minimum absolute atomic E-state index is 0.0604. The quantitative estimate of drug-likeness (QED) is 0.828. The van der Waals surface area contributed by atoms with Crippen molar-refractivity contribution in [2.75, 3.05) is 26.2 Å². The zero-order valence-corrected chi connectivity index (χ0v) is 15.1. The van der Waals surface area contributed by atoms with Gasteiger partial charge >= 0.3 is 0 Å². The van der Waals surface area contributed by atoms with Crippen LogP contribution >= 0.6 is 0 Å². The first-order valence-corrected chi connectivity index (χ1v) is 9.56. The van der Waals surface area contributed by atoms with Crippen LogP contribution in [0.5, 0.6) is 0 Å².